The SMILES string of the molecule is COc1ccc2c(CC(=O)OCc3nc4sc5c(c4c(=O)[nH]3)CCC5)coc2c1. The highest BCUT2D eigenvalue weighted by Crippen LogP contribution is 2.34. The van der Waals surface area contributed by atoms with E-state index >= 15 is 0 Å². The lowest BCUT2D eigenvalue weighted by Gasteiger charge is -2.04. The van der Waals surface area contributed by atoms with E-state index < -0.39 is 5.97 Å². The minimum absolute atomic E-state index is 0.0686. The predicted molar refractivity (Wildman–Crippen MR) is 109 cm³/mol. The van der Waals surface area contributed by atoms with Crippen LogP contribution in [0.2, 0.25) is 0 Å². The summed E-state index contributed by atoms with van der Waals surface area (Å²) >= 11 is 1.56. The molecule has 8 heteroatoms. The molecule has 0 aliphatic heterocycles. The molecule has 1 aliphatic rings. The third-order valence-electron chi connectivity index (χ3n) is 5.19. The minimum atomic E-state index is -0.417. The highest BCUT2D eigenvalue weighted by Gasteiger charge is 2.21. The Hall–Kier alpha value is -3.13. The van der Waals surface area contributed by atoms with E-state index in [0.29, 0.717) is 22.5 Å². The first-order chi connectivity index (χ1) is 14.1. The molecular formula is C21H18N2O5S. The Morgan fingerprint density at radius 3 is 3.10 bits per heavy atom. The van der Waals surface area contributed by atoms with Crippen molar-refractivity contribution in [2.24, 2.45) is 0 Å². The number of aromatic amines is 1. The number of furan rings is 1. The molecule has 0 atom stereocenters. The van der Waals surface area contributed by atoms with Gasteiger partial charge in [-0.05, 0) is 37.0 Å². The summed E-state index contributed by atoms with van der Waals surface area (Å²) in [6, 6.07) is 5.44. The topological polar surface area (TPSA) is 94.4 Å². The molecule has 0 saturated heterocycles. The van der Waals surface area contributed by atoms with Crippen LogP contribution < -0.4 is 10.3 Å². The van der Waals surface area contributed by atoms with Crippen LogP contribution in [0.4, 0.5) is 0 Å². The number of hydrogen-bond donors (Lipinski definition) is 1. The van der Waals surface area contributed by atoms with Crippen LogP contribution in [0.25, 0.3) is 21.2 Å². The summed E-state index contributed by atoms with van der Waals surface area (Å²) in [4.78, 5) is 34.0. The van der Waals surface area contributed by atoms with Crippen LogP contribution in [-0.4, -0.2) is 23.0 Å². The number of esters is 1. The number of nitrogens with one attached hydrogen (secondary N) is 1. The molecule has 3 aromatic heterocycles. The van der Waals surface area contributed by atoms with Crippen molar-refractivity contribution in [2.75, 3.05) is 7.11 Å². The van der Waals surface area contributed by atoms with E-state index in [1.165, 1.54) is 4.88 Å². The van der Waals surface area contributed by atoms with E-state index in [0.717, 1.165) is 40.6 Å². The van der Waals surface area contributed by atoms with Crippen LogP contribution in [0.15, 0.2) is 33.7 Å². The maximum absolute atomic E-state index is 12.5. The molecule has 1 N–H and O–H groups in total. The average molecular weight is 410 g/mol. The Bertz CT molecular complexity index is 1300. The molecule has 0 unspecified atom stereocenters. The second-order valence-electron chi connectivity index (χ2n) is 7.01. The zero-order chi connectivity index (χ0) is 20.0. The van der Waals surface area contributed by atoms with Crippen molar-refractivity contribution in [3.63, 3.8) is 0 Å². The van der Waals surface area contributed by atoms with Crippen LogP contribution in [0.5, 0.6) is 5.75 Å². The van der Waals surface area contributed by atoms with Crippen LogP contribution in [0, 0.1) is 0 Å². The minimum Gasteiger partial charge on any atom is -0.497 e. The molecule has 4 aromatic rings. The Morgan fingerprint density at radius 1 is 1.34 bits per heavy atom. The fraction of sp³-hybridized carbons (Fsp3) is 0.286. The number of aryl methyl sites for hydroxylation is 2. The number of carbonyl (C=O) groups excluding carboxylic acids is 1. The van der Waals surface area contributed by atoms with Gasteiger partial charge < -0.3 is 18.9 Å². The van der Waals surface area contributed by atoms with Gasteiger partial charge >= 0.3 is 5.97 Å². The number of thiophene rings is 1. The lowest BCUT2D eigenvalue weighted by Crippen LogP contribution is -2.15. The maximum Gasteiger partial charge on any atom is 0.310 e. The van der Waals surface area contributed by atoms with Gasteiger partial charge in [0.05, 0.1) is 25.2 Å². The summed E-state index contributed by atoms with van der Waals surface area (Å²) in [5.74, 6) is 0.628. The van der Waals surface area contributed by atoms with Crippen molar-refractivity contribution in [1.82, 2.24) is 9.97 Å². The summed E-state index contributed by atoms with van der Waals surface area (Å²) in [7, 11) is 1.59. The summed E-state index contributed by atoms with van der Waals surface area (Å²) in [5, 5.41) is 1.53. The van der Waals surface area contributed by atoms with E-state index in [9.17, 15) is 9.59 Å². The Kier molecular flexibility index (Phi) is 4.35. The highest BCUT2D eigenvalue weighted by atomic mass is 32.1. The molecule has 5 rings (SSSR count). The predicted octanol–water partition coefficient (Wildman–Crippen LogP) is 3.51. The van der Waals surface area contributed by atoms with Crippen LogP contribution in [0.1, 0.15) is 28.2 Å². The largest absolute Gasteiger partial charge is 0.497 e. The standard InChI is InChI=1S/C21H18N2O5S/c1-26-12-5-6-13-11(9-27-15(13)8-12)7-18(24)28-10-17-22-20(25)19-14-3-2-4-16(14)29-21(19)23-17/h5-6,8-9H,2-4,7,10H2,1H3,(H,22,23,25). The van der Waals surface area contributed by atoms with Crippen LogP contribution in [0.3, 0.4) is 0 Å². The van der Waals surface area contributed by atoms with Crippen molar-refractivity contribution in [1.29, 1.82) is 0 Å². The van der Waals surface area contributed by atoms with Gasteiger partial charge in [0.25, 0.3) is 5.56 Å². The molecule has 0 amide bonds. The van der Waals surface area contributed by atoms with Crippen molar-refractivity contribution >= 4 is 38.5 Å². The molecule has 3 heterocycles. The Morgan fingerprint density at radius 2 is 2.24 bits per heavy atom. The van der Waals surface area contributed by atoms with Gasteiger partial charge in [-0.15, -0.1) is 11.3 Å². The van der Waals surface area contributed by atoms with Crippen molar-refractivity contribution in [3.05, 3.63) is 56.6 Å². The fourth-order valence-corrected chi connectivity index (χ4v) is 5.08. The molecule has 0 fully saturated rings. The van der Waals surface area contributed by atoms with Crippen molar-refractivity contribution in [2.45, 2.75) is 32.3 Å². The normalized spacial score (nSPS) is 13.1. The summed E-state index contributed by atoms with van der Waals surface area (Å²) in [5.41, 5.74) is 2.36. The number of benzene rings is 1. The Labute approximate surface area is 169 Å². The van der Waals surface area contributed by atoms with Gasteiger partial charge in [-0.25, -0.2) is 4.98 Å². The maximum atomic E-state index is 12.5. The zero-order valence-corrected chi connectivity index (χ0v) is 16.6. The average Bonchev–Trinajstić information content (AvgIpc) is 3.40. The third-order valence-corrected chi connectivity index (χ3v) is 6.38. The van der Waals surface area contributed by atoms with E-state index in [4.69, 9.17) is 13.9 Å². The second kappa shape index (κ2) is 7.04. The summed E-state index contributed by atoms with van der Waals surface area (Å²) < 4.78 is 16.0. The number of aromatic nitrogens is 2. The van der Waals surface area contributed by atoms with E-state index in [-0.39, 0.29) is 18.6 Å². The lowest BCUT2D eigenvalue weighted by atomic mass is 10.1. The number of methoxy groups -OCH3 is 1. The van der Waals surface area contributed by atoms with Gasteiger partial charge in [0.1, 0.15) is 28.6 Å². The third kappa shape index (κ3) is 3.19. The second-order valence-corrected chi connectivity index (χ2v) is 8.09. The van der Waals surface area contributed by atoms with Gasteiger partial charge in [0.15, 0.2) is 0 Å². The van der Waals surface area contributed by atoms with Gasteiger partial charge in [-0.1, -0.05) is 0 Å². The molecule has 7 nitrogen and oxygen atoms in total. The molecular weight excluding hydrogens is 392 g/mol. The number of fused-ring (bicyclic) bond motifs is 4. The fourth-order valence-electron chi connectivity index (χ4n) is 3.80. The smallest absolute Gasteiger partial charge is 0.310 e. The number of carbonyl (C=O) groups is 1. The van der Waals surface area contributed by atoms with Gasteiger partial charge in [-0.2, -0.15) is 0 Å². The lowest BCUT2D eigenvalue weighted by molar-refractivity contribution is -0.144. The number of hydrogen-bond acceptors (Lipinski definition) is 7. The van der Waals surface area contributed by atoms with Crippen molar-refractivity contribution < 1.29 is 18.7 Å². The molecule has 0 saturated carbocycles. The quantitative estimate of drug-likeness (QED) is 0.506. The first-order valence-corrected chi connectivity index (χ1v) is 10.2. The molecule has 1 aliphatic carbocycles. The highest BCUT2D eigenvalue weighted by molar-refractivity contribution is 7.18. The number of ether oxygens (including phenoxy) is 2. The molecule has 29 heavy (non-hydrogen) atoms. The number of nitrogens with zero attached hydrogens (tertiary/aromatic N) is 1. The first-order valence-electron chi connectivity index (χ1n) is 9.35. The van der Waals surface area contributed by atoms with Gasteiger partial charge in [0.2, 0.25) is 0 Å². The zero-order valence-electron chi connectivity index (χ0n) is 15.7. The van der Waals surface area contributed by atoms with Crippen LogP contribution >= 0.6 is 11.3 Å². The monoisotopic (exact) mass is 410 g/mol. The molecule has 148 valence electrons. The number of rotatable bonds is 5. The summed E-state index contributed by atoms with van der Waals surface area (Å²) in [6.45, 7) is -0.0732. The van der Waals surface area contributed by atoms with Gasteiger partial charge in [-0.3, -0.25) is 9.59 Å². The van der Waals surface area contributed by atoms with E-state index in [1.54, 1.807) is 30.8 Å². The number of H-pyrrole nitrogens is 1. The van der Waals surface area contributed by atoms with Crippen LogP contribution in [-0.2, 0) is 35.4 Å². The van der Waals surface area contributed by atoms with Crippen molar-refractivity contribution in [3.8, 4) is 5.75 Å². The first kappa shape index (κ1) is 17.9. The van der Waals surface area contributed by atoms with E-state index in [1.807, 2.05) is 12.1 Å². The van der Waals surface area contributed by atoms with Gasteiger partial charge in [0, 0.05) is 21.9 Å². The Balaban J connectivity index is 1.30. The van der Waals surface area contributed by atoms with E-state index in [2.05, 4.69) is 9.97 Å². The molecule has 0 bridgehead atoms. The molecule has 1 aromatic carbocycles. The summed E-state index contributed by atoms with van der Waals surface area (Å²) in [6.07, 6.45) is 4.64. The molecule has 0 spiro atoms. The molecule has 0 radical (unpaired) electrons.